The van der Waals surface area contributed by atoms with E-state index in [1.165, 1.54) is 0 Å². The summed E-state index contributed by atoms with van der Waals surface area (Å²) in [6.45, 7) is 10.4. The van der Waals surface area contributed by atoms with Gasteiger partial charge in [-0.15, -0.1) is 0 Å². The summed E-state index contributed by atoms with van der Waals surface area (Å²) in [6.07, 6.45) is 0.837. The third kappa shape index (κ3) is 3.97. The van der Waals surface area contributed by atoms with Crippen LogP contribution in [-0.2, 0) is 0 Å². The number of fused-ring (bicyclic) bond motifs is 1. The predicted octanol–water partition coefficient (Wildman–Crippen LogP) is 3.86. The Morgan fingerprint density at radius 1 is 1.18 bits per heavy atom. The summed E-state index contributed by atoms with van der Waals surface area (Å²) in [5.41, 5.74) is 0.517. The van der Waals surface area contributed by atoms with Gasteiger partial charge >= 0.3 is 0 Å². The van der Waals surface area contributed by atoms with Crippen molar-refractivity contribution >= 4 is 16.9 Å². The van der Waals surface area contributed by atoms with Crippen molar-refractivity contribution < 1.29 is 9.21 Å². The highest BCUT2D eigenvalue weighted by Crippen LogP contribution is 2.27. The first kappa shape index (κ1) is 16.3. The lowest BCUT2D eigenvalue weighted by Gasteiger charge is -2.33. The summed E-state index contributed by atoms with van der Waals surface area (Å²) in [7, 11) is 0. The molecule has 4 heteroatoms. The van der Waals surface area contributed by atoms with Crippen molar-refractivity contribution in [1.29, 1.82) is 5.41 Å². The van der Waals surface area contributed by atoms with E-state index in [9.17, 15) is 4.79 Å². The molecule has 1 aromatic heterocycles. The van der Waals surface area contributed by atoms with Gasteiger partial charge in [0.2, 0.25) is 5.55 Å². The molecule has 0 aliphatic carbocycles. The number of hydrogen-bond acceptors (Lipinski definition) is 3. The van der Waals surface area contributed by atoms with E-state index in [1.54, 1.807) is 12.1 Å². The largest absolute Gasteiger partial charge is 0.438 e. The predicted molar refractivity (Wildman–Crippen MR) is 87.7 cm³/mol. The molecule has 118 valence electrons. The lowest BCUT2D eigenvalue weighted by atomic mass is 9.81. The minimum atomic E-state index is -0.354. The zero-order valence-electron chi connectivity index (χ0n) is 13.9. The van der Waals surface area contributed by atoms with Crippen molar-refractivity contribution in [3.05, 3.63) is 41.4 Å². The molecule has 0 saturated carbocycles. The maximum absolute atomic E-state index is 12.5. The third-order valence-electron chi connectivity index (χ3n) is 3.34. The molecule has 1 aromatic carbocycles. The Balaban J connectivity index is 2.30. The standard InChI is InChI=1S/C18H24N2O2/c1-17(2,3)11-18(4,5)20-16(21)13-10-12-8-6-7-9-14(12)22-15(13)19/h6-10,19H,11H2,1-5H3,(H,20,21). The van der Waals surface area contributed by atoms with Gasteiger partial charge in [0, 0.05) is 10.9 Å². The Hall–Kier alpha value is -2.10. The molecule has 2 rings (SSSR count). The van der Waals surface area contributed by atoms with Gasteiger partial charge in [0.05, 0.1) is 0 Å². The summed E-state index contributed by atoms with van der Waals surface area (Å²) in [5.74, 6) is -0.270. The second-order valence-electron chi connectivity index (χ2n) is 7.60. The van der Waals surface area contributed by atoms with Gasteiger partial charge < -0.3 is 9.73 Å². The van der Waals surface area contributed by atoms with E-state index in [0.29, 0.717) is 5.58 Å². The molecule has 0 fully saturated rings. The van der Waals surface area contributed by atoms with E-state index < -0.39 is 0 Å². The van der Waals surface area contributed by atoms with Gasteiger partial charge in [0.25, 0.3) is 5.91 Å². The molecule has 0 saturated heterocycles. The van der Waals surface area contributed by atoms with Crippen LogP contribution in [-0.4, -0.2) is 11.4 Å². The normalized spacial score (nSPS) is 12.4. The van der Waals surface area contributed by atoms with Crippen molar-refractivity contribution in [1.82, 2.24) is 5.32 Å². The van der Waals surface area contributed by atoms with Crippen molar-refractivity contribution in [2.75, 3.05) is 0 Å². The van der Waals surface area contributed by atoms with E-state index >= 15 is 0 Å². The van der Waals surface area contributed by atoms with Crippen LogP contribution in [0.2, 0.25) is 0 Å². The van der Waals surface area contributed by atoms with Gasteiger partial charge in [-0.1, -0.05) is 39.0 Å². The molecular weight excluding hydrogens is 276 g/mol. The van der Waals surface area contributed by atoms with Crippen LogP contribution in [0, 0.1) is 10.8 Å². The van der Waals surface area contributed by atoms with Crippen LogP contribution >= 0.6 is 0 Å². The SMILES string of the molecule is CC(C)(C)CC(C)(C)NC(=O)c1cc2ccccc2oc1=N. The minimum Gasteiger partial charge on any atom is -0.438 e. The summed E-state index contributed by atoms with van der Waals surface area (Å²) in [5, 5.41) is 11.8. The van der Waals surface area contributed by atoms with Gasteiger partial charge in [-0.05, 0) is 37.8 Å². The van der Waals surface area contributed by atoms with E-state index in [4.69, 9.17) is 9.83 Å². The Labute approximate surface area is 131 Å². The van der Waals surface area contributed by atoms with Crippen LogP contribution in [0.1, 0.15) is 51.4 Å². The molecule has 0 radical (unpaired) electrons. The van der Waals surface area contributed by atoms with Crippen molar-refractivity contribution in [2.45, 2.75) is 46.6 Å². The summed E-state index contributed by atoms with van der Waals surface area (Å²) < 4.78 is 5.44. The van der Waals surface area contributed by atoms with Crippen molar-refractivity contribution in [2.24, 2.45) is 5.41 Å². The number of hydrogen-bond donors (Lipinski definition) is 2. The van der Waals surface area contributed by atoms with Crippen molar-refractivity contribution in [3.63, 3.8) is 0 Å². The van der Waals surface area contributed by atoms with Crippen LogP contribution in [0.3, 0.4) is 0 Å². The molecule has 0 spiro atoms. The first-order valence-electron chi connectivity index (χ1n) is 7.47. The summed E-state index contributed by atoms with van der Waals surface area (Å²) >= 11 is 0. The zero-order chi connectivity index (χ0) is 16.5. The molecule has 0 aliphatic rings. The molecule has 0 bridgehead atoms. The van der Waals surface area contributed by atoms with Crippen LogP contribution in [0.15, 0.2) is 34.7 Å². The molecule has 0 aliphatic heterocycles. The maximum Gasteiger partial charge on any atom is 0.257 e. The molecule has 1 heterocycles. The molecule has 0 atom stereocenters. The Kier molecular flexibility index (Phi) is 4.14. The fourth-order valence-electron chi connectivity index (χ4n) is 2.99. The Bertz CT molecular complexity index is 752. The Morgan fingerprint density at radius 2 is 1.82 bits per heavy atom. The smallest absolute Gasteiger partial charge is 0.257 e. The zero-order valence-corrected chi connectivity index (χ0v) is 13.9. The first-order valence-corrected chi connectivity index (χ1v) is 7.47. The van der Waals surface area contributed by atoms with Gasteiger partial charge in [0.1, 0.15) is 11.1 Å². The second-order valence-corrected chi connectivity index (χ2v) is 7.60. The highest BCUT2D eigenvalue weighted by molar-refractivity contribution is 5.96. The Morgan fingerprint density at radius 3 is 2.45 bits per heavy atom. The average molecular weight is 300 g/mol. The monoisotopic (exact) mass is 300 g/mol. The van der Waals surface area contributed by atoms with Gasteiger partial charge in [-0.25, -0.2) is 0 Å². The van der Waals surface area contributed by atoms with Gasteiger partial charge in [-0.3, -0.25) is 10.2 Å². The van der Waals surface area contributed by atoms with Crippen LogP contribution in [0.5, 0.6) is 0 Å². The summed E-state index contributed by atoms with van der Waals surface area (Å²) in [4.78, 5) is 12.5. The molecule has 2 aromatic rings. The number of benzene rings is 1. The van der Waals surface area contributed by atoms with Gasteiger partial charge in [0.15, 0.2) is 0 Å². The number of nitrogens with one attached hydrogen (secondary N) is 2. The van der Waals surface area contributed by atoms with E-state index in [2.05, 4.69) is 26.1 Å². The molecular formula is C18H24N2O2. The van der Waals surface area contributed by atoms with E-state index in [1.807, 2.05) is 32.0 Å². The highest BCUT2D eigenvalue weighted by atomic mass is 16.3. The number of amides is 1. The van der Waals surface area contributed by atoms with Crippen LogP contribution < -0.4 is 10.9 Å². The lowest BCUT2D eigenvalue weighted by Crippen LogP contribution is -2.46. The van der Waals surface area contributed by atoms with Crippen molar-refractivity contribution in [3.8, 4) is 0 Å². The van der Waals surface area contributed by atoms with Gasteiger partial charge in [-0.2, -0.15) is 0 Å². The second kappa shape index (κ2) is 5.59. The quantitative estimate of drug-likeness (QED) is 0.904. The molecule has 0 unspecified atom stereocenters. The highest BCUT2D eigenvalue weighted by Gasteiger charge is 2.28. The molecule has 4 nitrogen and oxygen atoms in total. The number of carbonyl (C=O) groups excluding carboxylic acids is 1. The summed E-state index contributed by atoms with van der Waals surface area (Å²) in [6, 6.07) is 9.10. The number of carbonyl (C=O) groups is 1. The third-order valence-corrected chi connectivity index (χ3v) is 3.34. The van der Waals surface area contributed by atoms with E-state index in [-0.39, 0.29) is 28.0 Å². The topological polar surface area (TPSA) is 66.1 Å². The fourth-order valence-corrected chi connectivity index (χ4v) is 2.99. The molecule has 2 N–H and O–H groups in total. The van der Waals surface area contributed by atoms with Crippen LogP contribution in [0.4, 0.5) is 0 Å². The lowest BCUT2D eigenvalue weighted by molar-refractivity contribution is 0.0887. The number of rotatable bonds is 3. The minimum absolute atomic E-state index is 0.105. The first-order chi connectivity index (χ1) is 10.1. The van der Waals surface area contributed by atoms with E-state index in [0.717, 1.165) is 11.8 Å². The number of para-hydroxylation sites is 1. The maximum atomic E-state index is 12.5. The molecule has 1 amide bonds. The fraction of sp³-hybridized carbons (Fsp3) is 0.444. The van der Waals surface area contributed by atoms with Crippen LogP contribution in [0.25, 0.3) is 11.0 Å². The average Bonchev–Trinajstić information content (AvgIpc) is 2.34. The molecule has 22 heavy (non-hydrogen) atoms.